The molecule has 0 aliphatic carbocycles. The van der Waals surface area contributed by atoms with E-state index < -0.39 is 0 Å². The summed E-state index contributed by atoms with van der Waals surface area (Å²) in [5.41, 5.74) is 4.00. The van der Waals surface area contributed by atoms with E-state index in [2.05, 4.69) is 49.3 Å². The van der Waals surface area contributed by atoms with Crippen LogP contribution < -0.4 is 5.32 Å². The number of anilines is 1. The standard InChI is InChI=1S/C14H22N2/c1-11-6-7-13(9-12(11)2)15-14-5-4-8-16(3)10-14/h6-7,9,14-15H,4-5,8,10H2,1-3H3. The Hall–Kier alpha value is -1.02. The Balaban J connectivity index is 2.00. The van der Waals surface area contributed by atoms with Gasteiger partial charge < -0.3 is 10.2 Å². The van der Waals surface area contributed by atoms with E-state index in [0.29, 0.717) is 6.04 Å². The number of likely N-dealkylation sites (N-methyl/N-ethyl adjacent to an activating group) is 1. The third-order valence-corrected chi connectivity index (χ3v) is 3.50. The van der Waals surface area contributed by atoms with E-state index in [-0.39, 0.29) is 0 Å². The van der Waals surface area contributed by atoms with Gasteiger partial charge in [0.25, 0.3) is 0 Å². The lowest BCUT2D eigenvalue weighted by atomic mass is 10.0. The van der Waals surface area contributed by atoms with Gasteiger partial charge in [0.1, 0.15) is 0 Å². The van der Waals surface area contributed by atoms with Crippen molar-refractivity contribution in [1.29, 1.82) is 0 Å². The van der Waals surface area contributed by atoms with Crippen molar-refractivity contribution in [2.24, 2.45) is 0 Å². The summed E-state index contributed by atoms with van der Waals surface area (Å²) in [5.74, 6) is 0. The molecule has 1 saturated heterocycles. The Morgan fingerprint density at radius 2 is 2.06 bits per heavy atom. The highest BCUT2D eigenvalue weighted by molar-refractivity contribution is 5.48. The predicted molar refractivity (Wildman–Crippen MR) is 70.1 cm³/mol. The highest BCUT2D eigenvalue weighted by Gasteiger charge is 2.16. The topological polar surface area (TPSA) is 15.3 Å². The monoisotopic (exact) mass is 218 g/mol. The van der Waals surface area contributed by atoms with Gasteiger partial charge in [-0.15, -0.1) is 0 Å². The summed E-state index contributed by atoms with van der Waals surface area (Å²) < 4.78 is 0. The molecule has 0 aromatic heterocycles. The minimum absolute atomic E-state index is 0.612. The number of hydrogen-bond acceptors (Lipinski definition) is 2. The number of rotatable bonds is 2. The number of aryl methyl sites for hydroxylation is 2. The van der Waals surface area contributed by atoms with Crippen molar-refractivity contribution in [3.63, 3.8) is 0 Å². The molecule has 1 aliphatic heterocycles. The number of piperidine rings is 1. The fourth-order valence-electron chi connectivity index (χ4n) is 2.35. The Morgan fingerprint density at radius 1 is 1.25 bits per heavy atom. The third kappa shape index (κ3) is 2.76. The SMILES string of the molecule is Cc1ccc(NC2CCCN(C)C2)cc1C. The van der Waals surface area contributed by atoms with Crippen LogP contribution in [0.2, 0.25) is 0 Å². The molecule has 0 radical (unpaired) electrons. The Bertz CT molecular complexity index is 360. The molecule has 1 atom stereocenters. The molecular formula is C14H22N2. The van der Waals surface area contributed by atoms with Crippen LogP contribution in [0.25, 0.3) is 0 Å². The summed E-state index contributed by atoms with van der Waals surface area (Å²) in [6, 6.07) is 7.26. The van der Waals surface area contributed by atoms with Crippen molar-refractivity contribution < 1.29 is 0 Å². The normalized spacial score (nSPS) is 22.1. The van der Waals surface area contributed by atoms with E-state index in [1.165, 1.54) is 36.2 Å². The molecule has 1 aromatic rings. The van der Waals surface area contributed by atoms with Crippen molar-refractivity contribution >= 4 is 5.69 Å². The van der Waals surface area contributed by atoms with Gasteiger partial charge in [0.15, 0.2) is 0 Å². The van der Waals surface area contributed by atoms with Gasteiger partial charge >= 0.3 is 0 Å². The fourth-order valence-corrected chi connectivity index (χ4v) is 2.35. The first kappa shape index (κ1) is 11.5. The molecule has 0 saturated carbocycles. The van der Waals surface area contributed by atoms with Gasteiger partial charge in [-0.1, -0.05) is 6.07 Å². The zero-order valence-corrected chi connectivity index (χ0v) is 10.6. The van der Waals surface area contributed by atoms with E-state index in [1.54, 1.807) is 0 Å². The number of hydrogen-bond donors (Lipinski definition) is 1. The van der Waals surface area contributed by atoms with Gasteiger partial charge in [-0.2, -0.15) is 0 Å². The van der Waals surface area contributed by atoms with Gasteiger partial charge in [0, 0.05) is 18.3 Å². The smallest absolute Gasteiger partial charge is 0.0388 e. The first-order chi connectivity index (χ1) is 7.65. The van der Waals surface area contributed by atoms with Crippen LogP contribution >= 0.6 is 0 Å². The summed E-state index contributed by atoms with van der Waals surface area (Å²) in [4.78, 5) is 2.40. The molecule has 0 bridgehead atoms. The molecule has 1 aromatic carbocycles. The predicted octanol–water partition coefficient (Wildman–Crippen LogP) is 2.81. The van der Waals surface area contributed by atoms with Gasteiger partial charge in [0.2, 0.25) is 0 Å². The van der Waals surface area contributed by atoms with Crippen molar-refractivity contribution in [3.8, 4) is 0 Å². The van der Waals surface area contributed by atoms with E-state index in [0.717, 1.165) is 6.54 Å². The zero-order valence-electron chi connectivity index (χ0n) is 10.6. The minimum Gasteiger partial charge on any atom is -0.381 e. The first-order valence-electron chi connectivity index (χ1n) is 6.17. The van der Waals surface area contributed by atoms with E-state index in [4.69, 9.17) is 0 Å². The second kappa shape index (κ2) is 4.88. The quantitative estimate of drug-likeness (QED) is 0.821. The number of likely N-dealkylation sites (tertiary alicyclic amines) is 1. The second-order valence-electron chi connectivity index (χ2n) is 5.04. The zero-order chi connectivity index (χ0) is 11.5. The molecule has 1 heterocycles. The molecular weight excluding hydrogens is 196 g/mol. The van der Waals surface area contributed by atoms with Crippen LogP contribution in [-0.4, -0.2) is 31.1 Å². The van der Waals surface area contributed by atoms with Gasteiger partial charge in [-0.05, 0) is 63.5 Å². The van der Waals surface area contributed by atoms with E-state index >= 15 is 0 Å². The van der Waals surface area contributed by atoms with Crippen LogP contribution in [0.4, 0.5) is 5.69 Å². The Labute approximate surface area is 98.7 Å². The molecule has 1 N–H and O–H groups in total. The van der Waals surface area contributed by atoms with Gasteiger partial charge in [-0.3, -0.25) is 0 Å². The summed E-state index contributed by atoms with van der Waals surface area (Å²) in [6.07, 6.45) is 2.59. The molecule has 2 heteroatoms. The van der Waals surface area contributed by atoms with E-state index in [9.17, 15) is 0 Å². The molecule has 0 spiro atoms. The van der Waals surface area contributed by atoms with Gasteiger partial charge in [-0.25, -0.2) is 0 Å². The van der Waals surface area contributed by atoms with Crippen LogP contribution in [-0.2, 0) is 0 Å². The van der Waals surface area contributed by atoms with Crippen LogP contribution in [0.15, 0.2) is 18.2 Å². The number of benzene rings is 1. The highest BCUT2D eigenvalue weighted by Crippen LogP contribution is 2.18. The van der Waals surface area contributed by atoms with Crippen LogP contribution in [0, 0.1) is 13.8 Å². The average molecular weight is 218 g/mol. The molecule has 2 nitrogen and oxygen atoms in total. The van der Waals surface area contributed by atoms with Crippen LogP contribution in [0.1, 0.15) is 24.0 Å². The lowest BCUT2D eigenvalue weighted by Gasteiger charge is -2.31. The fraction of sp³-hybridized carbons (Fsp3) is 0.571. The highest BCUT2D eigenvalue weighted by atomic mass is 15.1. The maximum Gasteiger partial charge on any atom is 0.0388 e. The number of nitrogens with zero attached hydrogens (tertiary/aromatic N) is 1. The summed E-state index contributed by atoms with van der Waals surface area (Å²) in [7, 11) is 2.20. The second-order valence-corrected chi connectivity index (χ2v) is 5.04. The molecule has 1 unspecified atom stereocenters. The van der Waals surface area contributed by atoms with Crippen molar-refractivity contribution in [1.82, 2.24) is 4.90 Å². The summed E-state index contributed by atoms with van der Waals surface area (Å²) in [5, 5.41) is 3.64. The Kier molecular flexibility index (Phi) is 3.49. The largest absolute Gasteiger partial charge is 0.381 e. The summed E-state index contributed by atoms with van der Waals surface area (Å²) >= 11 is 0. The first-order valence-corrected chi connectivity index (χ1v) is 6.17. The van der Waals surface area contributed by atoms with E-state index in [1.807, 2.05) is 0 Å². The molecule has 1 fully saturated rings. The third-order valence-electron chi connectivity index (χ3n) is 3.50. The van der Waals surface area contributed by atoms with Crippen LogP contribution in [0.3, 0.4) is 0 Å². The van der Waals surface area contributed by atoms with Crippen molar-refractivity contribution in [3.05, 3.63) is 29.3 Å². The number of nitrogens with one attached hydrogen (secondary N) is 1. The van der Waals surface area contributed by atoms with Crippen molar-refractivity contribution in [2.45, 2.75) is 32.7 Å². The maximum atomic E-state index is 3.64. The average Bonchev–Trinajstić information content (AvgIpc) is 2.24. The lowest BCUT2D eigenvalue weighted by molar-refractivity contribution is 0.261. The summed E-state index contributed by atoms with van der Waals surface area (Å²) in [6.45, 7) is 6.74. The lowest BCUT2D eigenvalue weighted by Crippen LogP contribution is -2.39. The van der Waals surface area contributed by atoms with Crippen molar-refractivity contribution in [2.75, 3.05) is 25.5 Å². The minimum atomic E-state index is 0.612. The molecule has 16 heavy (non-hydrogen) atoms. The molecule has 88 valence electrons. The molecule has 0 amide bonds. The maximum absolute atomic E-state index is 3.64. The van der Waals surface area contributed by atoms with Gasteiger partial charge in [0.05, 0.1) is 0 Å². The molecule has 1 aliphatic rings. The van der Waals surface area contributed by atoms with Crippen LogP contribution in [0.5, 0.6) is 0 Å². The Morgan fingerprint density at radius 3 is 2.75 bits per heavy atom. The molecule has 2 rings (SSSR count).